The van der Waals surface area contributed by atoms with Crippen molar-refractivity contribution >= 4 is 17.9 Å². The van der Waals surface area contributed by atoms with Crippen LogP contribution in [0.5, 0.6) is 0 Å². The molecule has 4 heteroatoms. The number of benzene rings is 1. The first kappa shape index (κ1) is 9.72. The lowest BCUT2D eigenvalue weighted by Gasteiger charge is -2.11. The van der Waals surface area contributed by atoms with Crippen LogP contribution in [0, 0.1) is 0 Å². The summed E-state index contributed by atoms with van der Waals surface area (Å²) in [5.41, 5.74) is 0.770. The predicted octanol–water partition coefficient (Wildman–Crippen LogP) is 1.51. The minimum Gasteiger partial charge on any atom is -0.448 e. The Bertz CT molecular complexity index is 611. The first-order chi connectivity index (χ1) is 8.22. The number of hydrogen-bond acceptors (Lipinski definition) is 4. The molecule has 0 bridgehead atoms. The van der Waals surface area contributed by atoms with Crippen molar-refractivity contribution in [1.29, 1.82) is 0 Å². The molecule has 0 fully saturated rings. The summed E-state index contributed by atoms with van der Waals surface area (Å²) in [6.07, 6.45) is 1.53. The van der Waals surface area contributed by atoms with E-state index in [1.54, 1.807) is 24.3 Å². The van der Waals surface area contributed by atoms with Crippen molar-refractivity contribution in [2.75, 3.05) is 0 Å². The lowest BCUT2D eigenvalue weighted by Crippen LogP contribution is -2.18. The average molecular weight is 225 g/mol. The summed E-state index contributed by atoms with van der Waals surface area (Å²) in [7, 11) is 0. The van der Waals surface area contributed by atoms with Gasteiger partial charge >= 0.3 is 0 Å². The third-order valence-electron chi connectivity index (χ3n) is 2.70. The molecule has 4 nitrogen and oxygen atoms in total. The second-order valence-corrected chi connectivity index (χ2v) is 3.66. The van der Waals surface area contributed by atoms with E-state index in [4.69, 9.17) is 4.42 Å². The third-order valence-corrected chi connectivity index (χ3v) is 2.70. The molecule has 0 aliphatic heterocycles. The standard InChI is InChI=1S/C13H5O4/c14-6-7-5-10-11(15)8-3-1-2-4-9(8)12(16)13(10)17-7/h1-5H. The smallest absolute Gasteiger partial charge is 0.271 e. The Morgan fingerprint density at radius 2 is 1.59 bits per heavy atom. The molecule has 1 aliphatic carbocycles. The first-order valence-electron chi connectivity index (χ1n) is 4.93. The Hall–Kier alpha value is -2.49. The van der Waals surface area contributed by atoms with Crippen molar-refractivity contribution in [2.45, 2.75) is 0 Å². The van der Waals surface area contributed by atoms with Crippen LogP contribution < -0.4 is 0 Å². The molecule has 0 saturated carbocycles. The molecule has 0 saturated heterocycles. The monoisotopic (exact) mass is 225 g/mol. The van der Waals surface area contributed by atoms with E-state index in [0.717, 1.165) is 0 Å². The van der Waals surface area contributed by atoms with Crippen molar-refractivity contribution < 1.29 is 18.8 Å². The van der Waals surface area contributed by atoms with Crippen LogP contribution in [0.4, 0.5) is 0 Å². The van der Waals surface area contributed by atoms with Gasteiger partial charge in [0.05, 0.1) is 5.56 Å². The number of carbonyl (C=O) groups is 2. The van der Waals surface area contributed by atoms with E-state index in [-0.39, 0.29) is 28.7 Å². The number of carbonyl (C=O) groups excluding carboxylic acids is 3. The maximum absolute atomic E-state index is 12.0. The molecule has 2 aromatic rings. The van der Waals surface area contributed by atoms with E-state index in [1.165, 1.54) is 12.4 Å². The molecule has 1 heterocycles. The zero-order valence-electron chi connectivity index (χ0n) is 8.52. The molecule has 0 amide bonds. The zero-order chi connectivity index (χ0) is 12.0. The second kappa shape index (κ2) is 3.25. The van der Waals surface area contributed by atoms with Gasteiger partial charge in [-0.2, -0.15) is 0 Å². The average Bonchev–Trinajstić information content (AvgIpc) is 2.80. The van der Waals surface area contributed by atoms with Crippen molar-refractivity contribution in [2.24, 2.45) is 0 Å². The quantitative estimate of drug-likeness (QED) is 0.629. The van der Waals surface area contributed by atoms with Crippen molar-refractivity contribution in [3.63, 3.8) is 0 Å². The Morgan fingerprint density at radius 3 is 2.24 bits per heavy atom. The predicted molar refractivity (Wildman–Crippen MR) is 56.8 cm³/mol. The molecule has 1 radical (unpaired) electrons. The minimum atomic E-state index is -0.378. The summed E-state index contributed by atoms with van der Waals surface area (Å²) in [4.78, 5) is 34.5. The van der Waals surface area contributed by atoms with Gasteiger partial charge in [0, 0.05) is 17.2 Å². The normalized spacial score (nSPS) is 13.2. The SMILES string of the molecule is O=[C]c1cc2c(o1)C(=O)c1ccccc1C2=O. The summed E-state index contributed by atoms with van der Waals surface area (Å²) in [5, 5.41) is 0. The third kappa shape index (κ3) is 1.21. The number of hydrogen-bond donors (Lipinski definition) is 0. The maximum Gasteiger partial charge on any atom is 0.271 e. The lowest BCUT2D eigenvalue weighted by atomic mass is 9.89. The molecule has 0 N–H and O–H groups in total. The van der Waals surface area contributed by atoms with Gasteiger partial charge in [-0.05, 0) is 0 Å². The van der Waals surface area contributed by atoms with Gasteiger partial charge in [-0.3, -0.25) is 14.4 Å². The fraction of sp³-hybridized carbons (Fsp3) is 0. The topological polar surface area (TPSA) is 64.3 Å². The van der Waals surface area contributed by atoms with Gasteiger partial charge in [0.25, 0.3) is 6.29 Å². The molecule has 1 aromatic carbocycles. The lowest BCUT2D eigenvalue weighted by molar-refractivity contribution is 0.0960. The van der Waals surface area contributed by atoms with Crippen LogP contribution in [0.1, 0.15) is 37.8 Å². The minimum absolute atomic E-state index is 0.0768. The van der Waals surface area contributed by atoms with Crippen LogP contribution in [-0.4, -0.2) is 17.9 Å². The van der Waals surface area contributed by atoms with Gasteiger partial charge in [-0.1, -0.05) is 24.3 Å². The van der Waals surface area contributed by atoms with Crippen LogP contribution >= 0.6 is 0 Å². The van der Waals surface area contributed by atoms with Crippen LogP contribution in [0.2, 0.25) is 0 Å². The summed E-state index contributed by atoms with van der Waals surface area (Å²) in [5.74, 6) is -0.895. The van der Waals surface area contributed by atoms with E-state index < -0.39 is 0 Å². The summed E-state index contributed by atoms with van der Waals surface area (Å²) < 4.78 is 5.00. The highest BCUT2D eigenvalue weighted by molar-refractivity contribution is 6.27. The number of rotatable bonds is 1. The summed E-state index contributed by atoms with van der Waals surface area (Å²) >= 11 is 0. The van der Waals surface area contributed by atoms with Crippen LogP contribution in [0.25, 0.3) is 0 Å². The van der Waals surface area contributed by atoms with Crippen LogP contribution in [-0.2, 0) is 4.79 Å². The van der Waals surface area contributed by atoms with Crippen LogP contribution in [0.3, 0.4) is 0 Å². The Labute approximate surface area is 95.9 Å². The molecule has 1 aliphatic rings. The second-order valence-electron chi connectivity index (χ2n) is 3.66. The highest BCUT2D eigenvalue weighted by atomic mass is 16.4. The van der Waals surface area contributed by atoms with Gasteiger partial charge < -0.3 is 4.42 Å². The Balaban J connectivity index is 2.31. The van der Waals surface area contributed by atoms with Crippen molar-refractivity contribution in [3.05, 3.63) is 58.5 Å². The fourth-order valence-electron chi connectivity index (χ4n) is 1.93. The Morgan fingerprint density at radius 1 is 0.941 bits per heavy atom. The molecule has 0 spiro atoms. The van der Waals surface area contributed by atoms with Crippen molar-refractivity contribution in [3.8, 4) is 0 Å². The van der Waals surface area contributed by atoms with E-state index in [1.807, 2.05) is 0 Å². The van der Waals surface area contributed by atoms with E-state index >= 15 is 0 Å². The number of fused-ring (bicyclic) bond motifs is 2. The highest BCUT2D eigenvalue weighted by Crippen LogP contribution is 2.28. The summed E-state index contributed by atoms with van der Waals surface area (Å²) in [6, 6.07) is 7.74. The maximum atomic E-state index is 12.0. The number of furan rings is 1. The van der Waals surface area contributed by atoms with Crippen LogP contribution in [0.15, 0.2) is 34.7 Å². The van der Waals surface area contributed by atoms with E-state index in [2.05, 4.69) is 0 Å². The molecule has 81 valence electrons. The van der Waals surface area contributed by atoms with Crippen molar-refractivity contribution in [1.82, 2.24) is 0 Å². The zero-order valence-corrected chi connectivity index (χ0v) is 8.52. The van der Waals surface area contributed by atoms with E-state index in [0.29, 0.717) is 11.1 Å². The van der Waals surface area contributed by atoms with Gasteiger partial charge in [0.1, 0.15) is 0 Å². The Kier molecular flexibility index (Phi) is 1.86. The molecule has 1 aromatic heterocycles. The van der Waals surface area contributed by atoms with Gasteiger partial charge in [0.2, 0.25) is 5.78 Å². The first-order valence-corrected chi connectivity index (χ1v) is 4.93. The van der Waals surface area contributed by atoms with Gasteiger partial charge in [0.15, 0.2) is 17.3 Å². The fourth-order valence-corrected chi connectivity index (χ4v) is 1.93. The molecule has 0 atom stereocenters. The number of ketones is 2. The highest BCUT2D eigenvalue weighted by Gasteiger charge is 2.33. The summed E-state index contributed by atoms with van der Waals surface area (Å²) in [6.45, 7) is 0. The molecule has 3 rings (SSSR count). The largest absolute Gasteiger partial charge is 0.448 e. The molecule has 17 heavy (non-hydrogen) atoms. The molecular weight excluding hydrogens is 220 g/mol. The molecule has 0 unspecified atom stereocenters. The van der Waals surface area contributed by atoms with E-state index in [9.17, 15) is 14.4 Å². The molecular formula is C13H5O4. The van der Waals surface area contributed by atoms with Gasteiger partial charge in [-0.15, -0.1) is 0 Å². The van der Waals surface area contributed by atoms with Gasteiger partial charge in [-0.25, -0.2) is 0 Å².